The van der Waals surface area contributed by atoms with Crippen LogP contribution in [-0.2, 0) is 4.74 Å². The molecule has 1 atom stereocenters. The Morgan fingerprint density at radius 2 is 1.95 bits per heavy atom. The van der Waals surface area contributed by atoms with Gasteiger partial charge in [0, 0.05) is 18.7 Å². The maximum atomic E-state index is 9.43. The highest BCUT2D eigenvalue weighted by Crippen LogP contribution is 2.39. The maximum absolute atomic E-state index is 9.43. The van der Waals surface area contributed by atoms with Crippen molar-refractivity contribution in [3.63, 3.8) is 0 Å². The summed E-state index contributed by atoms with van der Waals surface area (Å²) < 4.78 is 16.5. The third-order valence-corrected chi connectivity index (χ3v) is 3.44. The molecular weight excluding hydrogens is 248 g/mol. The first kappa shape index (κ1) is 12.4. The molecule has 2 aliphatic heterocycles. The van der Waals surface area contributed by atoms with E-state index in [1.165, 1.54) is 0 Å². The van der Waals surface area contributed by atoms with E-state index in [9.17, 15) is 5.11 Å². The summed E-state index contributed by atoms with van der Waals surface area (Å²) in [5, 5.41) is 9.43. The van der Waals surface area contributed by atoms with Crippen molar-refractivity contribution in [2.75, 3.05) is 50.2 Å². The third-order valence-electron chi connectivity index (χ3n) is 3.44. The molecular formula is C13H18N2O4. The third kappa shape index (κ3) is 2.29. The molecule has 6 nitrogen and oxygen atoms in total. The number of fused-ring (bicyclic) bond motifs is 1. The number of hydrogen-bond donors (Lipinski definition) is 2. The fourth-order valence-corrected chi connectivity index (χ4v) is 2.47. The average molecular weight is 266 g/mol. The molecule has 0 aliphatic carbocycles. The van der Waals surface area contributed by atoms with Crippen LogP contribution < -0.4 is 20.1 Å². The van der Waals surface area contributed by atoms with Gasteiger partial charge in [0.1, 0.15) is 13.2 Å². The lowest BCUT2D eigenvalue weighted by atomic mass is 10.1. The Hall–Kier alpha value is -1.66. The van der Waals surface area contributed by atoms with E-state index in [-0.39, 0.29) is 12.6 Å². The van der Waals surface area contributed by atoms with E-state index >= 15 is 0 Å². The van der Waals surface area contributed by atoms with E-state index in [1.807, 2.05) is 6.07 Å². The molecule has 3 rings (SSSR count). The maximum Gasteiger partial charge on any atom is 0.163 e. The first-order chi connectivity index (χ1) is 9.29. The molecule has 1 fully saturated rings. The Kier molecular flexibility index (Phi) is 3.35. The lowest BCUT2D eigenvalue weighted by Gasteiger charge is -2.37. The SMILES string of the molecule is Nc1cc2c(cc1N1CCOCC1CO)OCCO2. The summed E-state index contributed by atoms with van der Waals surface area (Å²) >= 11 is 0. The van der Waals surface area contributed by atoms with Crippen LogP contribution >= 0.6 is 0 Å². The summed E-state index contributed by atoms with van der Waals surface area (Å²) in [4.78, 5) is 2.07. The van der Waals surface area contributed by atoms with Crippen LogP contribution in [0.15, 0.2) is 12.1 Å². The molecule has 1 unspecified atom stereocenters. The van der Waals surface area contributed by atoms with E-state index in [4.69, 9.17) is 19.9 Å². The van der Waals surface area contributed by atoms with Crippen molar-refractivity contribution in [2.45, 2.75) is 6.04 Å². The Morgan fingerprint density at radius 1 is 1.21 bits per heavy atom. The Labute approximate surface area is 111 Å². The standard InChI is InChI=1S/C13H18N2O4/c14-10-5-12-13(19-4-3-18-12)6-11(10)15-1-2-17-8-9(15)7-16/h5-6,9,16H,1-4,7-8,14H2. The second-order valence-electron chi connectivity index (χ2n) is 4.66. The normalized spacial score (nSPS) is 22.4. The second kappa shape index (κ2) is 5.14. The molecule has 0 spiro atoms. The van der Waals surface area contributed by atoms with Gasteiger partial charge in [0.25, 0.3) is 0 Å². The zero-order chi connectivity index (χ0) is 13.2. The van der Waals surface area contributed by atoms with E-state index in [0.717, 1.165) is 5.69 Å². The largest absolute Gasteiger partial charge is 0.486 e. The van der Waals surface area contributed by atoms with Gasteiger partial charge >= 0.3 is 0 Å². The molecule has 1 aromatic rings. The fraction of sp³-hybridized carbons (Fsp3) is 0.538. The van der Waals surface area contributed by atoms with Crippen molar-refractivity contribution in [2.24, 2.45) is 0 Å². The second-order valence-corrected chi connectivity index (χ2v) is 4.66. The lowest BCUT2D eigenvalue weighted by molar-refractivity contribution is 0.0727. The van der Waals surface area contributed by atoms with E-state index in [0.29, 0.717) is 50.2 Å². The van der Waals surface area contributed by atoms with Gasteiger partial charge in [0.2, 0.25) is 0 Å². The predicted octanol–water partition coefficient (Wildman–Crippen LogP) is 0.237. The number of anilines is 2. The summed E-state index contributed by atoms with van der Waals surface area (Å²) in [7, 11) is 0. The van der Waals surface area contributed by atoms with Crippen molar-refractivity contribution in [3.8, 4) is 11.5 Å². The number of nitrogens with zero attached hydrogens (tertiary/aromatic N) is 1. The highest BCUT2D eigenvalue weighted by Gasteiger charge is 2.26. The van der Waals surface area contributed by atoms with Crippen molar-refractivity contribution in [3.05, 3.63) is 12.1 Å². The van der Waals surface area contributed by atoms with Gasteiger partial charge in [-0.25, -0.2) is 0 Å². The number of ether oxygens (including phenoxy) is 3. The zero-order valence-electron chi connectivity index (χ0n) is 10.7. The first-order valence-corrected chi connectivity index (χ1v) is 6.44. The van der Waals surface area contributed by atoms with Crippen molar-refractivity contribution in [1.82, 2.24) is 0 Å². The quantitative estimate of drug-likeness (QED) is 0.747. The Morgan fingerprint density at radius 3 is 2.68 bits per heavy atom. The summed E-state index contributed by atoms with van der Waals surface area (Å²) in [6.07, 6.45) is 0. The average Bonchev–Trinajstić information content (AvgIpc) is 2.46. The van der Waals surface area contributed by atoms with Gasteiger partial charge in [-0.1, -0.05) is 0 Å². The number of aliphatic hydroxyl groups is 1. The molecule has 0 amide bonds. The van der Waals surface area contributed by atoms with Crippen molar-refractivity contribution < 1.29 is 19.3 Å². The van der Waals surface area contributed by atoms with E-state index in [1.54, 1.807) is 6.07 Å². The molecule has 6 heteroatoms. The number of morpholine rings is 1. The van der Waals surface area contributed by atoms with Gasteiger partial charge in [-0.3, -0.25) is 0 Å². The minimum atomic E-state index is -0.0707. The molecule has 0 bridgehead atoms. The van der Waals surface area contributed by atoms with Crippen molar-refractivity contribution in [1.29, 1.82) is 0 Å². The van der Waals surface area contributed by atoms with Crippen LogP contribution in [0.2, 0.25) is 0 Å². The van der Waals surface area contributed by atoms with Crippen LogP contribution in [0.25, 0.3) is 0 Å². The molecule has 0 radical (unpaired) electrons. The van der Waals surface area contributed by atoms with Gasteiger partial charge in [-0.2, -0.15) is 0 Å². The molecule has 0 aromatic heterocycles. The molecule has 1 aromatic carbocycles. The van der Waals surface area contributed by atoms with Gasteiger partial charge < -0.3 is 30.0 Å². The smallest absolute Gasteiger partial charge is 0.163 e. The van der Waals surface area contributed by atoms with Gasteiger partial charge in [0.15, 0.2) is 11.5 Å². The van der Waals surface area contributed by atoms with E-state index in [2.05, 4.69) is 4.90 Å². The van der Waals surface area contributed by atoms with Crippen LogP contribution in [0.5, 0.6) is 11.5 Å². The number of aliphatic hydroxyl groups excluding tert-OH is 1. The Bertz CT molecular complexity index is 466. The number of benzene rings is 1. The van der Waals surface area contributed by atoms with Gasteiger partial charge in [-0.15, -0.1) is 0 Å². The summed E-state index contributed by atoms with van der Waals surface area (Å²) in [5.74, 6) is 1.39. The zero-order valence-corrected chi connectivity index (χ0v) is 10.7. The molecule has 1 saturated heterocycles. The summed E-state index contributed by atoms with van der Waals surface area (Å²) in [6, 6.07) is 3.60. The van der Waals surface area contributed by atoms with Gasteiger partial charge in [0.05, 0.1) is 37.2 Å². The predicted molar refractivity (Wildman–Crippen MR) is 70.9 cm³/mol. The highest BCUT2D eigenvalue weighted by atomic mass is 16.6. The van der Waals surface area contributed by atoms with Crippen LogP contribution in [0, 0.1) is 0 Å². The van der Waals surface area contributed by atoms with Crippen LogP contribution in [0.1, 0.15) is 0 Å². The molecule has 104 valence electrons. The molecule has 19 heavy (non-hydrogen) atoms. The summed E-state index contributed by atoms with van der Waals surface area (Å²) in [6.45, 7) is 2.96. The fourth-order valence-electron chi connectivity index (χ4n) is 2.47. The number of rotatable bonds is 2. The molecule has 2 aliphatic rings. The Balaban J connectivity index is 1.94. The van der Waals surface area contributed by atoms with Gasteiger partial charge in [-0.05, 0) is 0 Å². The van der Waals surface area contributed by atoms with E-state index < -0.39 is 0 Å². The summed E-state index contributed by atoms with van der Waals surface area (Å²) in [5.41, 5.74) is 7.59. The van der Waals surface area contributed by atoms with Crippen molar-refractivity contribution >= 4 is 11.4 Å². The van der Waals surface area contributed by atoms with Crippen LogP contribution in [0.3, 0.4) is 0 Å². The molecule has 2 heterocycles. The number of nitrogens with two attached hydrogens (primary N) is 1. The minimum Gasteiger partial charge on any atom is -0.486 e. The first-order valence-electron chi connectivity index (χ1n) is 6.44. The number of hydrogen-bond acceptors (Lipinski definition) is 6. The minimum absolute atomic E-state index is 0.0356. The molecule has 3 N–H and O–H groups in total. The monoisotopic (exact) mass is 266 g/mol. The topological polar surface area (TPSA) is 77.2 Å². The lowest BCUT2D eigenvalue weighted by Crippen LogP contribution is -2.48. The van der Waals surface area contributed by atoms with Crippen LogP contribution in [-0.4, -0.2) is 50.7 Å². The van der Waals surface area contributed by atoms with Crippen LogP contribution in [0.4, 0.5) is 11.4 Å². The highest BCUT2D eigenvalue weighted by molar-refractivity contribution is 5.73. The molecule has 0 saturated carbocycles. The number of nitrogen functional groups attached to an aromatic ring is 1.